The molecule has 0 unspecified atom stereocenters. The Morgan fingerprint density at radius 2 is 0.649 bits per heavy atom. The summed E-state index contributed by atoms with van der Waals surface area (Å²) >= 11 is 9.54. The van der Waals surface area contributed by atoms with Gasteiger partial charge in [0.1, 0.15) is 98.5 Å². The van der Waals surface area contributed by atoms with Gasteiger partial charge in [-0.15, -0.1) is 0 Å². The molecule has 9 aromatic carbocycles. The van der Waals surface area contributed by atoms with E-state index in [4.69, 9.17) is 43.5 Å². The lowest BCUT2D eigenvalue weighted by Crippen LogP contribution is -2.22. The van der Waals surface area contributed by atoms with Crippen LogP contribution < -0.4 is 59.0 Å². The predicted octanol–water partition coefficient (Wildman–Crippen LogP) is 17.7. The number of fused-ring (bicyclic) bond motifs is 12. The molecule has 0 amide bonds. The van der Waals surface area contributed by atoms with Crippen molar-refractivity contribution < 1.29 is 70.6 Å². The lowest BCUT2D eigenvalue weighted by molar-refractivity contribution is 0.414. The number of methoxy groups -OCH3 is 3. The Morgan fingerprint density at radius 3 is 1.00 bits per heavy atom. The van der Waals surface area contributed by atoms with Gasteiger partial charge in [-0.25, -0.2) is 32.3 Å². The molecule has 11 aromatic heterocycles. The zero-order chi connectivity index (χ0) is 94.8. The molecule has 0 aliphatic rings. The normalized spacial score (nSPS) is 11.4. The largest absolute Gasteiger partial charge is 0.508 e. The molecule has 0 saturated carbocycles. The number of para-hydroxylation sites is 1. The van der Waals surface area contributed by atoms with Crippen molar-refractivity contribution in [1.29, 1.82) is 0 Å². The molecule has 5 N–H and O–H groups in total. The maximum absolute atomic E-state index is 13.8. The molecule has 134 heavy (non-hydrogen) atoms. The highest BCUT2D eigenvalue weighted by atomic mass is 35.5. The fourth-order valence-electron chi connectivity index (χ4n) is 15.5. The molecule has 0 aliphatic carbocycles. The monoisotopic (exact) mass is 1900 g/mol. The minimum absolute atomic E-state index is 0.00620. The summed E-state index contributed by atoms with van der Waals surface area (Å²) in [6, 6.07) is 56.8. The van der Waals surface area contributed by atoms with Crippen LogP contribution in [-0.4, -0.2) is 94.5 Å². The quantitative estimate of drug-likeness (QED) is 0.0595. The first-order valence-corrected chi connectivity index (χ1v) is 43.6. The Labute approximate surface area is 771 Å². The van der Waals surface area contributed by atoms with Crippen LogP contribution in [0.2, 0.25) is 5.02 Å². The summed E-state index contributed by atoms with van der Waals surface area (Å²) < 4.78 is 88.6. The van der Waals surface area contributed by atoms with Crippen molar-refractivity contribution in [3.63, 3.8) is 0 Å². The fraction of sp³-hybridized carbons (Fsp3) is 0.0938. The van der Waals surface area contributed by atoms with Crippen LogP contribution in [0.4, 0.5) is 13.2 Å². The number of aromatic hydroxyl groups is 5. The molecule has 20 aromatic rings. The zero-order valence-corrected chi connectivity index (χ0v) is 75.3. The molecular formula is C96H68ClF3N10O20S4. The molecule has 0 atom stereocenters. The summed E-state index contributed by atoms with van der Waals surface area (Å²) in [7, 11) is 9.68. The highest BCUT2D eigenvalue weighted by molar-refractivity contribution is 8.00. The molecule has 0 fully saturated rings. The molecule has 20 rings (SSSR count). The average molecular weight is 1900 g/mol. The van der Waals surface area contributed by atoms with Gasteiger partial charge in [-0.1, -0.05) is 95.0 Å². The van der Waals surface area contributed by atoms with Crippen molar-refractivity contribution in [3.05, 3.63) is 341 Å². The van der Waals surface area contributed by atoms with Crippen LogP contribution >= 0.6 is 58.6 Å². The minimum atomic E-state index is -0.865. The number of halogens is 4. The number of ether oxygens (including phenoxy) is 3. The SMILES string of the molecule is COc1ccc(-n2c(=O)c3c(O)c(Sc4ccc(F)cc4)c(=O)oc3c3c(C)nn(C)c32)cc1.COc1ccc(-n2c(=O)c3c(O)c(Sc4cccc(Cl)c4)c(=O)oc3c3c(C)nn(C)c32)cc1.COc1ccc(-n2c(=O)c3c(O)c(Sc4cccc(F)c4)c(=O)oc3c3c(C)nn(C)c32)cc1.O=c1oc2c(c(O)c1Sc1cccc(F)c1)c(=O)n(-c1ccccc1)c1cc(O)ccc21. The minimum Gasteiger partial charge on any atom is -0.508 e. The Morgan fingerprint density at radius 1 is 0.328 bits per heavy atom. The highest BCUT2D eigenvalue weighted by Gasteiger charge is 2.32. The number of phenols is 1. The van der Waals surface area contributed by atoms with E-state index in [9.17, 15) is 77.1 Å². The van der Waals surface area contributed by atoms with Crippen LogP contribution in [0.15, 0.2) is 314 Å². The van der Waals surface area contributed by atoms with Crippen LogP contribution in [0, 0.1) is 38.2 Å². The fourth-order valence-corrected chi connectivity index (χ4v) is 19.2. The van der Waals surface area contributed by atoms with Gasteiger partial charge in [0, 0.05) is 62.9 Å². The van der Waals surface area contributed by atoms with Gasteiger partial charge in [-0.2, -0.15) is 15.3 Å². The highest BCUT2D eigenvalue weighted by Crippen LogP contribution is 2.45. The summed E-state index contributed by atoms with van der Waals surface area (Å²) in [4.78, 5) is 107. The summed E-state index contributed by atoms with van der Waals surface area (Å²) in [5.41, 5.74) is -0.680. The molecule has 0 spiro atoms. The number of hydrogen-bond donors (Lipinski definition) is 5. The molecule has 0 aliphatic heterocycles. The van der Waals surface area contributed by atoms with Crippen LogP contribution in [0.3, 0.4) is 0 Å². The Hall–Kier alpha value is -15.8. The standard InChI is InChI=1S/C24H18ClN3O5S.2C24H18FN3O5S.C24H14FNO5S/c1-12-17-20-18(19(29)21(24(31)33-20)34-16-6-4-5-13(25)11-16)23(30)28(22(17)27(2)26-12)14-7-9-15(32-3)10-8-14;1-12-17-20-18(19(29)21(24(31)33-20)34-16-10-4-13(25)5-11-16)23(30)28(22(17)27(2)26-12)14-6-8-15(32-3)9-7-14;1-12-17-20-18(19(29)21(24(31)33-20)34-16-6-4-5-13(25)11-16)23(30)28(22(17)27(2)26-12)14-7-9-15(32-3)10-8-14;25-13-5-4-8-16(11-13)32-22-20(28)19-21(31-24(22)30)17-10-9-15(27)12-18(17)26(23(19)29)14-6-2-1-3-7-14/h3*4-11,29H,1-3H3;1-12,27-28H. The van der Waals surface area contributed by atoms with Crippen LogP contribution in [-0.2, 0) is 21.1 Å². The lowest BCUT2D eigenvalue weighted by Gasteiger charge is -2.14. The first-order chi connectivity index (χ1) is 64.3. The molecule has 30 nitrogen and oxygen atoms in total. The number of pyridine rings is 4. The van der Waals surface area contributed by atoms with Crippen molar-refractivity contribution in [2.75, 3.05) is 21.3 Å². The Bertz CT molecular complexity index is 8490. The van der Waals surface area contributed by atoms with E-state index < -0.39 is 85.2 Å². The zero-order valence-electron chi connectivity index (χ0n) is 71.3. The first-order valence-electron chi connectivity index (χ1n) is 40.0. The molecule has 0 saturated heterocycles. The third-order valence-corrected chi connectivity index (χ3v) is 25.8. The van der Waals surface area contributed by atoms with Gasteiger partial charge in [-0.3, -0.25) is 51.5 Å². The topological polar surface area (TPSA) is 391 Å². The van der Waals surface area contributed by atoms with Gasteiger partial charge in [0.15, 0.2) is 45.3 Å². The summed E-state index contributed by atoms with van der Waals surface area (Å²) in [5.74, 6) is -1.69. The third kappa shape index (κ3) is 16.5. The van der Waals surface area contributed by atoms with E-state index >= 15 is 0 Å². The Balaban J connectivity index is 0.000000124. The van der Waals surface area contributed by atoms with Gasteiger partial charge in [0.2, 0.25) is 0 Å². The van der Waals surface area contributed by atoms with Crippen LogP contribution in [0.1, 0.15) is 17.1 Å². The number of hydrogen-bond acceptors (Lipinski definition) is 27. The predicted molar refractivity (Wildman–Crippen MR) is 502 cm³/mol. The second-order valence-electron chi connectivity index (χ2n) is 29.7. The van der Waals surface area contributed by atoms with Crippen molar-refractivity contribution in [3.8, 4) is 68.7 Å². The van der Waals surface area contributed by atoms with Crippen LogP contribution in [0.5, 0.6) is 46.0 Å². The van der Waals surface area contributed by atoms with E-state index in [-0.39, 0.29) is 69.2 Å². The van der Waals surface area contributed by atoms with Gasteiger partial charge in [-0.05, 0) is 197 Å². The third-order valence-electron chi connectivity index (χ3n) is 21.4. The second kappa shape index (κ2) is 36.5. The van der Waals surface area contributed by atoms with Gasteiger partial charge in [0.05, 0.1) is 77.1 Å². The van der Waals surface area contributed by atoms with Gasteiger partial charge >= 0.3 is 22.5 Å². The van der Waals surface area contributed by atoms with E-state index in [0.717, 1.165) is 47.0 Å². The van der Waals surface area contributed by atoms with E-state index in [2.05, 4.69) is 15.3 Å². The summed E-state index contributed by atoms with van der Waals surface area (Å²) in [6.45, 7) is 5.19. The van der Waals surface area contributed by atoms with E-state index in [1.54, 1.807) is 200 Å². The van der Waals surface area contributed by atoms with Crippen molar-refractivity contribution >= 4 is 147 Å². The number of benzene rings is 9. The van der Waals surface area contributed by atoms with Gasteiger partial charge in [0.25, 0.3) is 22.2 Å². The molecule has 0 bridgehead atoms. The number of phenolic OH excluding ortho intramolecular Hbond substituents is 1. The summed E-state index contributed by atoms with van der Waals surface area (Å²) in [6.07, 6.45) is 0. The molecular weight excluding hydrogens is 1830 g/mol. The first kappa shape index (κ1) is 90.1. The maximum atomic E-state index is 13.8. The number of aromatic nitrogens is 10. The molecule has 0 radical (unpaired) electrons. The second-order valence-corrected chi connectivity index (χ2v) is 34.5. The van der Waals surface area contributed by atoms with Crippen molar-refractivity contribution in [2.24, 2.45) is 21.1 Å². The summed E-state index contributed by atoms with van der Waals surface area (Å²) in [5, 5.41) is 69.2. The van der Waals surface area contributed by atoms with E-state index in [1.807, 2.05) is 0 Å². The number of aryl methyl sites for hydroxylation is 6. The lowest BCUT2D eigenvalue weighted by atomic mass is 10.1. The number of nitrogens with zero attached hydrogens (tertiary/aromatic N) is 10. The molecule has 674 valence electrons. The van der Waals surface area contributed by atoms with Gasteiger partial charge < -0.3 is 57.4 Å². The smallest absolute Gasteiger partial charge is 0.354 e. The molecule has 38 heteroatoms. The maximum Gasteiger partial charge on any atom is 0.354 e. The average Bonchev–Trinajstić information content (AvgIpc) is 1.57. The van der Waals surface area contributed by atoms with E-state index in [1.165, 1.54) is 114 Å². The molecule has 11 heterocycles. The number of rotatable bonds is 15. The van der Waals surface area contributed by atoms with Crippen molar-refractivity contribution in [1.82, 2.24) is 47.6 Å². The Kier molecular flexibility index (Phi) is 24.5. The van der Waals surface area contributed by atoms with E-state index in [0.29, 0.717) is 126 Å². The van der Waals surface area contributed by atoms with Crippen molar-refractivity contribution in [2.45, 2.75) is 59.9 Å². The van der Waals surface area contributed by atoms with Crippen LogP contribution in [0.25, 0.3) is 111 Å².